The van der Waals surface area contributed by atoms with E-state index >= 15 is 0 Å². The quantitative estimate of drug-likeness (QED) is 0.541. The Bertz CT molecular complexity index is 983. The van der Waals surface area contributed by atoms with Crippen molar-refractivity contribution in [1.29, 1.82) is 0 Å². The highest BCUT2D eigenvalue weighted by Crippen LogP contribution is 2.21. The largest absolute Gasteiger partial charge is 0.497 e. The Labute approximate surface area is 171 Å². The van der Waals surface area contributed by atoms with Crippen LogP contribution in [-0.4, -0.2) is 43.0 Å². The van der Waals surface area contributed by atoms with Crippen molar-refractivity contribution in [2.24, 2.45) is 0 Å². The van der Waals surface area contributed by atoms with E-state index < -0.39 is 24.1 Å². The summed E-state index contributed by atoms with van der Waals surface area (Å²) in [5, 5.41) is 10.7. The molecule has 0 aliphatic carbocycles. The van der Waals surface area contributed by atoms with Gasteiger partial charge < -0.3 is 19.5 Å². The first kappa shape index (κ1) is 21.0. The van der Waals surface area contributed by atoms with Crippen LogP contribution in [0.15, 0.2) is 54.6 Å². The fourth-order valence-corrected chi connectivity index (χ4v) is 2.45. The van der Waals surface area contributed by atoms with Crippen LogP contribution >= 0.6 is 0 Å². The molecule has 9 heteroatoms. The maximum atomic E-state index is 13.4. The second-order valence-corrected chi connectivity index (χ2v) is 6.05. The summed E-state index contributed by atoms with van der Waals surface area (Å²) in [6, 6.07) is 13.7. The highest BCUT2D eigenvalue weighted by Gasteiger charge is 2.08. The number of benzene rings is 2. The maximum Gasteiger partial charge on any atom is 0.258 e. The smallest absolute Gasteiger partial charge is 0.258 e. The van der Waals surface area contributed by atoms with E-state index in [9.17, 15) is 13.6 Å². The molecule has 0 saturated carbocycles. The third-order valence-corrected chi connectivity index (χ3v) is 3.95. The van der Waals surface area contributed by atoms with Crippen LogP contribution in [0, 0.1) is 11.6 Å². The van der Waals surface area contributed by atoms with Crippen LogP contribution in [0.25, 0.3) is 11.3 Å². The number of nitrogens with zero attached hydrogens (tertiary/aromatic N) is 2. The lowest BCUT2D eigenvalue weighted by Crippen LogP contribution is -2.32. The summed E-state index contributed by atoms with van der Waals surface area (Å²) < 4.78 is 41.8. The minimum atomic E-state index is -0.872. The summed E-state index contributed by atoms with van der Waals surface area (Å²) >= 11 is 0. The molecule has 156 valence electrons. The Morgan fingerprint density at radius 3 is 2.47 bits per heavy atom. The molecule has 1 N–H and O–H groups in total. The molecule has 0 aliphatic heterocycles. The SMILES string of the molecule is COc1ccc(-c2ccc(OCCNC(=O)COc3ccc(F)cc3F)nn2)cc1. The molecular weight excluding hydrogens is 396 g/mol. The van der Waals surface area contributed by atoms with Crippen LogP contribution < -0.4 is 19.5 Å². The Balaban J connectivity index is 1.39. The molecule has 3 aromatic rings. The second-order valence-electron chi connectivity index (χ2n) is 6.05. The predicted molar refractivity (Wildman–Crippen MR) is 104 cm³/mol. The highest BCUT2D eigenvalue weighted by atomic mass is 19.1. The van der Waals surface area contributed by atoms with Gasteiger partial charge in [-0.2, -0.15) is 0 Å². The Kier molecular flexibility index (Phi) is 7.09. The number of carbonyl (C=O) groups excluding carboxylic acids is 1. The molecule has 3 rings (SSSR count). The van der Waals surface area contributed by atoms with E-state index in [2.05, 4.69) is 15.5 Å². The van der Waals surface area contributed by atoms with Crippen molar-refractivity contribution in [3.05, 3.63) is 66.2 Å². The van der Waals surface area contributed by atoms with Crippen LogP contribution in [-0.2, 0) is 4.79 Å². The van der Waals surface area contributed by atoms with Gasteiger partial charge in [-0.1, -0.05) is 0 Å². The van der Waals surface area contributed by atoms with Crippen molar-refractivity contribution in [2.45, 2.75) is 0 Å². The molecular formula is C21H19F2N3O4. The maximum absolute atomic E-state index is 13.4. The fourth-order valence-electron chi connectivity index (χ4n) is 2.45. The minimum absolute atomic E-state index is 0.160. The zero-order valence-electron chi connectivity index (χ0n) is 16.1. The number of aromatic nitrogens is 2. The zero-order chi connectivity index (χ0) is 21.3. The number of hydrogen-bond donors (Lipinski definition) is 1. The van der Waals surface area contributed by atoms with E-state index in [-0.39, 0.29) is 18.9 Å². The number of ether oxygens (including phenoxy) is 3. The first-order valence-corrected chi connectivity index (χ1v) is 9.00. The van der Waals surface area contributed by atoms with Crippen molar-refractivity contribution in [3.63, 3.8) is 0 Å². The van der Waals surface area contributed by atoms with Gasteiger partial charge >= 0.3 is 0 Å². The fraction of sp³-hybridized carbons (Fsp3) is 0.190. The standard InChI is InChI=1S/C21H19F2N3O4/c1-28-16-5-2-14(3-6-16)18-7-9-21(26-25-18)29-11-10-24-20(27)13-30-19-8-4-15(22)12-17(19)23/h2-9,12H,10-11,13H2,1H3,(H,24,27). The number of hydrogen-bond acceptors (Lipinski definition) is 6. The van der Waals surface area contributed by atoms with Gasteiger partial charge in [-0.3, -0.25) is 4.79 Å². The van der Waals surface area contributed by atoms with Crippen molar-refractivity contribution >= 4 is 5.91 Å². The molecule has 0 aliphatic rings. The molecule has 1 heterocycles. The summed E-state index contributed by atoms with van der Waals surface area (Å²) in [6.45, 7) is -0.0534. The summed E-state index contributed by atoms with van der Waals surface area (Å²) in [5.41, 5.74) is 1.57. The van der Waals surface area contributed by atoms with E-state index in [1.807, 2.05) is 24.3 Å². The number of nitrogens with one attached hydrogen (secondary N) is 1. The average Bonchev–Trinajstić information content (AvgIpc) is 2.76. The third kappa shape index (κ3) is 5.87. The number of halogens is 2. The Hall–Kier alpha value is -3.75. The van der Waals surface area contributed by atoms with E-state index in [4.69, 9.17) is 14.2 Å². The molecule has 1 aromatic heterocycles. The monoisotopic (exact) mass is 415 g/mol. The van der Waals surface area contributed by atoms with E-state index in [0.717, 1.165) is 23.4 Å². The zero-order valence-corrected chi connectivity index (χ0v) is 16.1. The molecule has 7 nitrogen and oxygen atoms in total. The average molecular weight is 415 g/mol. The molecule has 0 atom stereocenters. The molecule has 0 saturated heterocycles. The lowest BCUT2D eigenvalue weighted by Gasteiger charge is -2.09. The second kappa shape index (κ2) is 10.1. The lowest BCUT2D eigenvalue weighted by molar-refractivity contribution is -0.123. The number of carbonyl (C=O) groups is 1. The van der Waals surface area contributed by atoms with Crippen LogP contribution in [0.4, 0.5) is 8.78 Å². The summed E-state index contributed by atoms with van der Waals surface area (Å²) in [5.74, 6) is -1.20. The minimum Gasteiger partial charge on any atom is -0.497 e. The van der Waals surface area contributed by atoms with Gasteiger partial charge in [0.15, 0.2) is 18.2 Å². The van der Waals surface area contributed by atoms with E-state index in [1.54, 1.807) is 19.2 Å². The molecule has 30 heavy (non-hydrogen) atoms. The molecule has 0 bridgehead atoms. The summed E-state index contributed by atoms with van der Waals surface area (Å²) in [4.78, 5) is 11.7. The van der Waals surface area contributed by atoms with Crippen LogP contribution in [0.2, 0.25) is 0 Å². The van der Waals surface area contributed by atoms with Gasteiger partial charge in [-0.15, -0.1) is 10.2 Å². The number of amides is 1. The first-order valence-electron chi connectivity index (χ1n) is 9.00. The van der Waals surface area contributed by atoms with Gasteiger partial charge in [0.1, 0.15) is 18.2 Å². The van der Waals surface area contributed by atoms with Gasteiger partial charge in [0.2, 0.25) is 5.88 Å². The summed E-state index contributed by atoms with van der Waals surface area (Å²) in [7, 11) is 1.60. The number of methoxy groups -OCH3 is 1. The molecule has 0 fully saturated rings. The summed E-state index contributed by atoms with van der Waals surface area (Å²) in [6.07, 6.45) is 0. The van der Waals surface area contributed by atoms with Gasteiger partial charge in [-0.25, -0.2) is 8.78 Å². The molecule has 0 spiro atoms. The molecule has 1 amide bonds. The molecule has 0 radical (unpaired) electrons. The van der Waals surface area contributed by atoms with Gasteiger partial charge in [-0.05, 0) is 42.5 Å². The number of rotatable bonds is 9. The van der Waals surface area contributed by atoms with E-state index in [1.165, 1.54) is 0 Å². The Morgan fingerprint density at radius 2 is 1.80 bits per heavy atom. The van der Waals surface area contributed by atoms with Gasteiger partial charge in [0, 0.05) is 17.7 Å². The predicted octanol–water partition coefficient (Wildman–Crippen LogP) is 3.00. The van der Waals surface area contributed by atoms with Crippen molar-refractivity contribution in [3.8, 4) is 28.6 Å². The van der Waals surface area contributed by atoms with Crippen LogP contribution in [0.1, 0.15) is 0 Å². The Morgan fingerprint density at radius 1 is 1.00 bits per heavy atom. The highest BCUT2D eigenvalue weighted by molar-refractivity contribution is 5.77. The van der Waals surface area contributed by atoms with Crippen LogP contribution in [0.3, 0.4) is 0 Å². The van der Waals surface area contributed by atoms with Gasteiger partial charge in [0.25, 0.3) is 5.91 Å². The topological polar surface area (TPSA) is 82.6 Å². The van der Waals surface area contributed by atoms with Gasteiger partial charge in [0.05, 0.1) is 19.3 Å². The first-order chi connectivity index (χ1) is 14.5. The third-order valence-electron chi connectivity index (χ3n) is 3.95. The normalized spacial score (nSPS) is 10.4. The van der Waals surface area contributed by atoms with Crippen molar-refractivity contribution < 1.29 is 27.8 Å². The van der Waals surface area contributed by atoms with Crippen molar-refractivity contribution in [1.82, 2.24) is 15.5 Å². The van der Waals surface area contributed by atoms with E-state index in [0.29, 0.717) is 17.6 Å². The van der Waals surface area contributed by atoms with Crippen LogP contribution in [0.5, 0.6) is 17.4 Å². The van der Waals surface area contributed by atoms with Crippen molar-refractivity contribution in [2.75, 3.05) is 26.9 Å². The molecule has 2 aromatic carbocycles. The molecule has 0 unspecified atom stereocenters. The lowest BCUT2D eigenvalue weighted by atomic mass is 10.1.